The number of anilines is 1. The van der Waals surface area contributed by atoms with Crippen LogP contribution in [0.2, 0.25) is 0 Å². The average molecular weight is 353 g/mol. The summed E-state index contributed by atoms with van der Waals surface area (Å²) >= 11 is 8.19. The van der Waals surface area contributed by atoms with Crippen molar-refractivity contribution in [3.8, 4) is 0 Å². The van der Waals surface area contributed by atoms with Crippen LogP contribution in [0.3, 0.4) is 0 Å². The van der Waals surface area contributed by atoms with Gasteiger partial charge in [-0.1, -0.05) is 12.2 Å². The van der Waals surface area contributed by atoms with E-state index in [0.29, 0.717) is 15.7 Å². The van der Waals surface area contributed by atoms with Gasteiger partial charge in [0.2, 0.25) is 0 Å². The Kier molecular flexibility index (Phi) is 4.26. The SMILES string of the molecule is NC(=S)c1ccc(NC(=O)c2ccc(=O)[nH]n2)c(Br)c1. The molecule has 0 unspecified atom stereocenters. The largest absolute Gasteiger partial charge is 0.389 e. The Hall–Kier alpha value is -2.06. The summed E-state index contributed by atoms with van der Waals surface area (Å²) in [5, 5.41) is 8.50. The van der Waals surface area contributed by atoms with Crippen LogP contribution in [0.25, 0.3) is 0 Å². The molecule has 102 valence electrons. The topological polar surface area (TPSA) is 101 Å². The Bertz CT molecular complexity index is 724. The summed E-state index contributed by atoms with van der Waals surface area (Å²) in [7, 11) is 0. The van der Waals surface area contributed by atoms with Crippen molar-refractivity contribution in [2.45, 2.75) is 0 Å². The van der Waals surface area contributed by atoms with Crippen LogP contribution in [-0.2, 0) is 0 Å². The van der Waals surface area contributed by atoms with Crippen LogP contribution in [0.5, 0.6) is 0 Å². The van der Waals surface area contributed by atoms with E-state index in [9.17, 15) is 9.59 Å². The molecule has 1 aromatic heterocycles. The quantitative estimate of drug-likeness (QED) is 0.725. The van der Waals surface area contributed by atoms with Crippen LogP contribution < -0.4 is 16.6 Å². The van der Waals surface area contributed by atoms with Gasteiger partial charge in [-0.25, -0.2) is 5.10 Å². The van der Waals surface area contributed by atoms with E-state index in [2.05, 4.69) is 31.4 Å². The van der Waals surface area contributed by atoms with E-state index in [4.69, 9.17) is 18.0 Å². The molecule has 0 saturated carbocycles. The van der Waals surface area contributed by atoms with Gasteiger partial charge in [-0.05, 0) is 40.2 Å². The molecule has 8 heteroatoms. The number of amides is 1. The molecule has 2 rings (SSSR count). The Morgan fingerprint density at radius 2 is 2.10 bits per heavy atom. The second kappa shape index (κ2) is 5.93. The van der Waals surface area contributed by atoms with Gasteiger partial charge in [0.05, 0.1) is 5.69 Å². The van der Waals surface area contributed by atoms with Crippen LogP contribution in [0.1, 0.15) is 16.1 Å². The molecule has 6 nitrogen and oxygen atoms in total. The maximum absolute atomic E-state index is 11.9. The normalized spacial score (nSPS) is 10.1. The van der Waals surface area contributed by atoms with Crippen LogP contribution in [0.15, 0.2) is 39.6 Å². The monoisotopic (exact) mass is 352 g/mol. The predicted octanol–water partition coefficient (Wildman–Crippen LogP) is 1.42. The second-order valence-corrected chi connectivity index (χ2v) is 5.11. The molecule has 0 radical (unpaired) electrons. The van der Waals surface area contributed by atoms with Gasteiger partial charge >= 0.3 is 0 Å². The van der Waals surface area contributed by atoms with E-state index >= 15 is 0 Å². The number of thiocarbonyl (C=S) groups is 1. The average Bonchev–Trinajstić information content (AvgIpc) is 2.41. The van der Waals surface area contributed by atoms with E-state index in [1.807, 2.05) is 0 Å². The van der Waals surface area contributed by atoms with Crippen LogP contribution in [0.4, 0.5) is 5.69 Å². The first-order valence-electron chi connectivity index (χ1n) is 5.44. The Balaban J connectivity index is 2.21. The minimum atomic E-state index is -0.440. The van der Waals surface area contributed by atoms with E-state index in [-0.39, 0.29) is 16.2 Å². The summed E-state index contributed by atoms with van der Waals surface area (Å²) in [6.45, 7) is 0. The molecular weight excluding hydrogens is 344 g/mol. The number of aromatic amines is 1. The Morgan fingerprint density at radius 1 is 1.35 bits per heavy atom. The van der Waals surface area contributed by atoms with E-state index < -0.39 is 5.91 Å². The van der Waals surface area contributed by atoms with Gasteiger partial charge in [0.25, 0.3) is 11.5 Å². The number of hydrogen-bond donors (Lipinski definition) is 3. The van der Waals surface area contributed by atoms with E-state index in [1.54, 1.807) is 18.2 Å². The number of nitrogens with one attached hydrogen (secondary N) is 2. The lowest BCUT2D eigenvalue weighted by Crippen LogP contribution is -2.18. The standard InChI is InChI=1S/C12H9BrN4O2S/c13-7-5-6(11(14)20)1-2-8(7)15-12(19)9-3-4-10(18)17-16-9/h1-5H,(H2,14,20)(H,15,19)(H,17,18). The van der Waals surface area contributed by atoms with Crippen molar-refractivity contribution >= 4 is 44.7 Å². The summed E-state index contributed by atoms with van der Waals surface area (Å²) in [5.41, 5.74) is 6.48. The lowest BCUT2D eigenvalue weighted by molar-refractivity contribution is 0.102. The first-order valence-corrected chi connectivity index (χ1v) is 6.64. The number of rotatable bonds is 3. The third-order valence-corrected chi connectivity index (χ3v) is 3.31. The molecule has 0 fully saturated rings. The summed E-state index contributed by atoms with van der Waals surface area (Å²) < 4.78 is 0.639. The smallest absolute Gasteiger partial charge is 0.276 e. The predicted molar refractivity (Wildman–Crippen MR) is 82.8 cm³/mol. The molecule has 2 aromatic rings. The number of hydrogen-bond acceptors (Lipinski definition) is 4. The summed E-state index contributed by atoms with van der Waals surface area (Å²) in [5.74, 6) is -0.440. The maximum atomic E-state index is 11.9. The summed E-state index contributed by atoms with van der Waals surface area (Å²) in [6, 6.07) is 7.64. The maximum Gasteiger partial charge on any atom is 0.276 e. The molecule has 1 amide bonds. The molecule has 0 spiro atoms. The third-order valence-electron chi connectivity index (χ3n) is 2.41. The van der Waals surface area contributed by atoms with Crippen LogP contribution in [0, 0.1) is 0 Å². The van der Waals surface area contributed by atoms with Crippen LogP contribution in [-0.4, -0.2) is 21.1 Å². The zero-order chi connectivity index (χ0) is 14.7. The number of nitrogens with zero attached hydrogens (tertiary/aromatic N) is 1. The van der Waals surface area contributed by atoms with Crippen molar-refractivity contribution in [3.05, 3.63) is 56.4 Å². The highest BCUT2D eigenvalue weighted by Gasteiger charge is 2.10. The zero-order valence-corrected chi connectivity index (χ0v) is 12.4. The first kappa shape index (κ1) is 14.4. The summed E-state index contributed by atoms with van der Waals surface area (Å²) in [4.78, 5) is 23.1. The number of benzene rings is 1. The fraction of sp³-hybridized carbons (Fsp3) is 0. The van der Waals surface area contributed by atoms with Crippen molar-refractivity contribution in [3.63, 3.8) is 0 Å². The van der Waals surface area contributed by atoms with Gasteiger partial charge in [-0.3, -0.25) is 9.59 Å². The van der Waals surface area contributed by atoms with Gasteiger partial charge in [-0.15, -0.1) is 0 Å². The van der Waals surface area contributed by atoms with Gasteiger partial charge in [0, 0.05) is 16.1 Å². The molecule has 0 aliphatic carbocycles. The van der Waals surface area contributed by atoms with Crippen LogP contribution >= 0.6 is 28.1 Å². The zero-order valence-electron chi connectivity index (χ0n) is 10.0. The molecular formula is C12H9BrN4O2S. The minimum absolute atomic E-state index is 0.106. The molecule has 0 atom stereocenters. The van der Waals surface area contributed by atoms with Crippen molar-refractivity contribution < 1.29 is 4.79 Å². The minimum Gasteiger partial charge on any atom is -0.389 e. The molecule has 0 saturated heterocycles. The van der Waals surface area contributed by atoms with Crippen molar-refractivity contribution in [2.24, 2.45) is 5.73 Å². The van der Waals surface area contributed by atoms with Gasteiger partial charge in [0.15, 0.2) is 0 Å². The van der Waals surface area contributed by atoms with Crippen molar-refractivity contribution in [1.29, 1.82) is 0 Å². The van der Waals surface area contributed by atoms with Gasteiger partial charge in [0.1, 0.15) is 10.7 Å². The number of aromatic nitrogens is 2. The molecule has 20 heavy (non-hydrogen) atoms. The Labute approximate surface area is 127 Å². The van der Waals surface area contributed by atoms with Gasteiger partial charge < -0.3 is 11.1 Å². The number of nitrogens with two attached hydrogens (primary N) is 1. The highest BCUT2D eigenvalue weighted by atomic mass is 79.9. The Morgan fingerprint density at radius 3 is 2.65 bits per heavy atom. The van der Waals surface area contributed by atoms with E-state index in [0.717, 1.165) is 0 Å². The molecule has 1 heterocycles. The number of halogens is 1. The lowest BCUT2D eigenvalue weighted by atomic mass is 10.2. The molecule has 4 N–H and O–H groups in total. The van der Waals surface area contributed by atoms with Crippen molar-refractivity contribution in [1.82, 2.24) is 10.2 Å². The highest BCUT2D eigenvalue weighted by Crippen LogP contribution is 2.24. The fourth-order valence-electron chi connectivity index (χ4n) is 1.43. The molecule has 1 aromatic carbocycles. The first-order chi connectivity index (χ1) is 9.47. The molecule has 0 bridgehead atoms. The number of carbonyl (C=O) groups excluding carboxylic acids is 1. The molecule has 0 aliphatic rings. The lowest BCUT2D eigenvalue weighted by Gasteiger charge is -2.08. The molecule has 0 aliphatic heterocycles. The summed E-state index contributed by atoms with van der Waals surface area (Å²) in [6.07, 6.45) is 0. The number of H-pyrrole nitrogens is 1. The second-order valence-electron chi connectivity index (χ2n) is 3.82. The fourth-order valence-corrected chi connectivity index (χ4v) is 2.03. The highest BCUT2D eigenvalue weighted by molar-refractivity contribution is 9.10. The van der Waals surface area contributed by atoms with Gasteiger partial charge in [-0.2, -0.15) is 5.10 Å². The third kappa shape index (κ3) is 3.28. The van der Waals surface area contributed by atoms with Crippen molar-refractivity contribution in [2.75, 3.05) is 5.32 Å². The number of carbonyl (C=O) groups is 1. The van der Waals surface area contributed by atoms with E-state index in [1.165, 1.54) is 12.1 Å².